The second-order valence-electron chi connectivity index (χ2n) is 8.07. The fraction of sp³-hybridized carbons (Fsp3) is 0.391. The van der Waals surface area contributed by atoms with Crippen LogP contribution in [-0.4, -0.2) is 66.9 Å². The third kappa shape index (κ3) is 5.65. The van der Waals surface area contributed by atoms with Gasteiger partial charge in [0.05, 0.1) is 17.9 Å². The van der Waals surface area contributed by atoms with Crippen molar-refractivity contribution in [2.45, 2.75) is 32.4 Å². The Morgan fingerprint density at radius 3 is 2.88 bits per heavy atom. The maximum Gasteiger partial charge on any atom is 0.328 e. The molecule has 1 atom stereocenters. The van der Waals surface area contributed by atoms with Crippen LogP contribution in [0.2, 0.25) is 0 Å². The van der Waals surface area contributed by atoms with E-state index in [2.05, 4.69) is 26.7 Å². The Labute approximate surface area is 197 Å². The van der Waals surface area contributed by atoms with E-state index in [0.29, 0.717) is 61.3 Å². The molecule has 0 fully saturated rings. The third-order valence-electron chi connectivity index (χ3n) is 5.31. The van der Waals surface area contributed by atoms with Crippen molar-refractivity contribution in [1.29, 1.82) is 5.26 Å². The van der Waals surface area contributed by atoms with Crippen molar-refractivity contribution in [3.05, 3.63) is 40.7 Å². The van der Waals surface area contributed by atoms with Crippen molar-refractivity contribution in [3.8, 4) is 6.07 Å². The number of pyridine rings is 2. The number of nitrogens with zero attached hydrogens (tertiary/aromatic N) is 5. The summed E-state index contributed by atoms with van der Waals surface area (Å²) in [4.78, 5) is 47.2. The van der Waals surface area contributed by atoms with Gasteiger partial charge in [0, 0.05) is 51.1 Å². The van der Waals surface area contributed by atoms with Gasteiger partial charge >= 0.3 is 6.03 Å². The molecule has 2 N–H and O–H groups in total. The predicted molar refractivity (Wildman–Crippen MR) is 126 cm³/mol. The van der Waals surface area contributed by atoms with Crippen molar-refractivity contribution < 1.29 is 19.1 Å². The molecule has 2 aromatic heterocycles. The smallest absolute Gasteiger partial charge is 0.328 e. The number of carbonyl (C=O) groups is 3. The number of hydrogen-bond donors (Lipinski definition) is 2. The van der Waals surface area contributed by atoms with Crippen molar-refractivity contribution in [2.24, 2.45) is 0 Å². The minimum Gasteiger partial charge on any atom is -0.383 e. The third-order valence-corrected chi connectivity index (χ3v) is 5.31. The van der Waals surface area contributed by atoms with Gasteiger partial charge in [0.1, 0.15) is 23.4 Å². The SMILES string of the molecule is COCC(C)Nc1cc(NC(=O)N2CCCc3cc(CN(C)C=O)c(C=O)nc32)ncc1C#N. The number of rotatable bonds is 9. The van der Waals surface area contributed by atoms with E-state index in [1.54, 1.807) is 20.2 Å². The molecule has 3 heterocycles. The highest BCUT2D eigenvalue weighted by atomic mass is 16.5. The number of aromatic nitrogens is 2. The second-order valence-corrected chi connectivity index (χ2v) is 8.07. The van der Waals surface area contributed by atoms with Gasteiger partial charge in [-0.2, -0.15) is 5.26 Å². The van der Waals surface area contributed by atoms with E-state index in [9.17, 15) is 19.6 Å². The van der Waals surface area contributed by atoms with Crippen molar-refractivity contribution in [2.75, 3.05) is 42.8 Å². The largest absolute Gasteiger partial charge is 0.383 e. The van der Waals surface area contributed by atoms with E-state index in [1.807, 2.05) is 13.0 Å². The highest BCUT2D eigenvalue weighted by molar-refractivity contribution is 6.01. The van der Waals surface area contributed by atoms with E-state index >= 15 is 0 Å². The summed E-state index contributed by atoms with van der Waals surface area (Å²) in [6, 6.07) is 4.99. The average Bonchev–Trinajstić information content (AvgIpc) is 2.83. The molecule has 11 heteroatoms. The van der Waals surface area contributed by atoms with Gasteiger partial charge in [-0.3, -0.25) is 19.8 Å². The standard InChI is InChI=1S/C23H27N7O4/c1-15(13-34-3)26-19-8-21(25-10-18(19)9-24)28-23(33)30-6-4-5-16-7-17(11-29(2)14-32)20(12-31)27-22(16)30/h7-8,10,12,14-15H,4-6,11,13H2,1-3H3,(H2,25,26,28,33). The Hall–Kier alpha value is -4.04. The molecule has 1 aliphatic rings. The minimum absolute atomic E-state index is 0.0598. The quantitative estimate of drug-likeness (QED) is 0.537. The zero-order chi connectivity index (χ0) is 24.7. The molecule has 1 unspecified atom stereocenters. The van der Waals surface area contributed by atoms with Gasteiger partial charge in [0.25, 0.3) is 0 Å². The molecule has 0 aromatic carbocycles. The highest BCUT2D eigenvalue weighted by Gasteiger charge is 2.26. The Kier molecular flexibility index (Phi) is 8.10. The van der Waals surface area contributed by atoms with Crippen LogP contribution in [0.15, 0.2) is 18.3 Å². The summed E-state index contributed by atoms with van der Waals surface area (Å²) < 4.78 is 5.12. The number of urea groups is 1. The Bertz CT molecular complexity index is 1120. The average molecular weight is 466 g/mol. The highest BCUT2D eigenvalue weighted by Crippen LogP contribution is 2.28. The number of aldehydes is 1. The van der Waals surface area contributed by atoms with Gasteiger partial charge in [-0.25, -0.2) is 14.8 Å². The molecule has 3 amide bonds. The van der Waals surface area contributed by atoms with Crippen molar-refractivity contribution >= 4 is 36.1 Å². The lowest BCUT2D eigenvalue weighted by Gasteiger charge is -2.29. The van der Waals surface area contributed by atoms with Crippen LogP contribution >= 0.6 is 0 Å². The zero-order valence-electron chi connectivity index (χ0n) is 19.4. The lowest BCUT2D eigenvalue weighted by Crippen LogP contribution is -2.40. The molecule has 0 spiro atoms. The van der Waals surface area contributed by atoms with E-state index in [0.717, 1.165) is 5.56 Å². The first-order valence-corrected chi connectivity index (χ1v) is 10.8. The first-order valence-electron chi connectivity index (χ1n) is 10.8. The molecule has 11 nitrogen and oxygen atoms in total. The number of fused-ring (bicyclic) bond motifs is 1. The van der Waals surface area contributed by atoms with Gasteiger partial charge in [0.15, 0.2) is 6.29 Å². The van der Waals surface area contributed by atoms with Gasteiger partial charge in [-0.05, 0) is 31.4 Å². The zero-order valence-corrected chi connectivity index (χ0v) is 19.4. The van der Waals surface area contributed by atoms with Crippen LogP contribution in [0.3, 0.4) is 0 Å². The maximum atomic E-state index is 13.1. The van der Waals surface area contributed by atoms with Crippen LogP contribution in [-0.2, 0) is 22.5 Å². The number of methoxy groups -OCH3 is 1. The number of nitrogens with one attached hydrogen (secondary N) is 2. The number of nitriles is 1. The van der Waals surface area contributed by atoms with Crippen LogP contribution < -0.4 is 15.5 Å². The van der Waals surface area contributed by atoms with Crippen LogP contribution in [0.1, 0.15) is 40.5 Å². The summed E-state index contributed by atoms with van der Waals surface area (Å²) in [5, 5.41) is 15.3. The molecular formula is C23H27N7O4. The summed E-state index contributed by atoms with van der Waals surface area (Å²) in [7, 11) is 3.20. The number of aryl methyl sites for hydroxylation is 1. The molecule has 0 aliphatic carbocycles. The van der Waals surface area contributed by atoms with E-state index in [4.69, 9.17) is 4.74 Å². The lowest BCUT2D eigenvalue weighted by atomic mass is 10.0. The first-order chi connectivity index (χ1) is 16.4. The maximum absolute atomic E-state index is 13.1. The molecule has 0 saturated carbocycles. The summed E-state index contributed by atoms with van der Waals surface area (Å²) in [5.41, 5.74) is 2.50. The Morgan fingerprint density at radius 1 is 1.41 bits per heavy atom. The molecule has 34 heavy (non-hydrogen) atoms. The second kappa shape index (κ2) is 11.2. The number of anilines is 3. The molecule has 0 saturated heterocycles. The van der Waals surface area contributed by atoms with Gasteiger partial charge < -0.3 is 15.0 Å². The monoisotopic (exact) mass is 465 g/mol. The molecule has 0 bridgehead atoms. The lowest BCUT2D eigenvalue weighted by molar-refractivity contribution is -0.117. The van der Waals surface area contributed by atoms with Crippen molar-refractivity contribution in [3.63, 3.8) is 0 Å². The van der Waals surface area contributed by atoms with Crippen LogP contribution in [0.4, 0.5) is 22.1 Å². The van der Waals surface area contributed by atoms with E-state index < -0.39 is 6.03 Å². The van der Waals surface area contributed by atoms with Gasteiger partial charge in [-0.15, -0.1) is 0 Å². The molecule has 1 aliphatic heterocycles. The summed E-state index contributed by atoms with van der Waals surface area (Å²) in [5.74, 6) is 0.673. The summed E-state index contributed by atoms with van der Waals surface area (Å²) >= 11 is 0. The normalized spacial score (nSPS) is 13.3. The molecular weight excluding hydrogens is 438 g/mol. The molecule has 2 aromatic rings. The van der Waals surface area contributed by atoms with Crippen LogP contribution in [0.25, 0.3) is 0 Å². The minimum atomic E-state index is -0.448. The first kappa shape index (κ1) is 24.6. The summed E-state index contributed by atoms with van der Waals surface area (Å²) in [6.45, 7) is 3.01. The molecule has 0 radical (unpaired) electrons. The topological polar surface area (TPSA) is 141 Å². The van der Waals surface area contributed by atoms with Gasteiger partial charge in [0.2, 0.25) is 6.41 Å². The number of ether oxygens (including phenoxy) is 1. The fourth-order valence-electron chi connectivity index (χ4n) is 3.76. The Balaban J connectivity index is 1.85. The molecule has 3 rings (SSSR count). The number of carbonyl (C=O) groups excluding carboxylic acids is 3. The summed E-state index contributed by atoms with van der Waals surface area (Å²) in [6.07, 6.45) is 4.11. The predicted octanol–water partition coefficient (Wildman–Crippen LogP) is 2.18. The molecule has 178 valence electrons. The number of hydrogen-bond acceptors (Lipinski definition) is 8. The van der Waals surface area contributed by atoms with Crippen molar-refractivity contribution in [1.82, 2.24) is 14.9 Å². The fourth-order valence-corrected chi connectivity index (χ4v) is 3.76. The van der Waals surface area contributed by atoms with Crippen LogP contribution in [0, 0.1) is 11.3 Å². The Morgan fingerprint density at radius 2 is 2.21 bits per heavy atom. The van der Waals surface area contributed by atoms with E-state index in [-0.39, 0.29) is 24.1 Å². The van der Waals surface area contributed by atoms with Gasteiger partial charge in [-0.1, -0.05) is 0 Å². The number of amides is 3. The van der Waals surface area contributed by atoms with E-state index in [1.165, 1.54) is 16.0 Å². The van der Waals surface area contributed by atoms with Crippen LogP contribution in [0.5, 0.6) is 0 Å².